The maximum atomic E-state index is 11.0. The Kier molecular flexibility index (Phi) is 10.3. The highest BCUT2D eigenvalue weighted by molar-refractivity contribution is 5.74. The zero-order chi connectivity index (χ0) is 13.2. The summed E-state index contributed by atoms with van der Waals surface area (Å²) in [5.74, 6) is 0.171. The molecule has 0 rings (SSSR count). The molecule has 0 fully saturated rings. The van der Waals surface area contributed by atoms with Gasteiger partial charge in [0.15, 0.2) is 0 Å². The van der Waals surface area contributed by atoms with Gasteiger partial charge < -0.3 is 9.53 Å². The molecule has 0 aromatic heterocycles. The Morgan fingerprint density at radius 3 is 1.81 bits per heavy atom. The maximum Gasteiger partial charge on any atom is 0.306 e. The number of ketones is 1. The molecule has 0 spiro atoms. The Balaban J connectivity index is 0. The van der Waals surface area contributed by atoms with Crippen LogP contribution in [0, 0.1) is 0 Å². The van der Waals surface area contributed by atoms with Crippen LogP contribution in [0.5, 0.6) is 0 Å². The Labute approximate surface area is 99.6 Å². The van der Waals surface area contributed by atoms with Crippen molar-refractivity contribution in [3.63, 3.8) is 0 Å². The normalized spacial score (nSPS) is 10.1. The molecular weight excluding hydrogens is 204 g/mol. The van der Waals surface area contributed by atoms with Crippen molar-refractivity contribution in [3.05, 3.63) is 0 Å². The number of ether oxygens (including phenoxy) is 1. The smallest absolute Gasteiger partial charge is 0.306 e. The van der Waals surface area contributed by atoms with Crippen molar-refractivity contribution < 1.29 is 14.3 Å². The number of unbranched alkanes of at least 4 members (excludes halogenated alkanes) is 1. The highest BCUT2D eigenvalue weighted by Gasteiger charge is 2.14. The van der Waals surface area contributed by atoms with Crippen LogP contribution in [-0.2, 0) is 14.3 Å². The third-order valence-electron chi connectivity index (χ3n) is 1.65. The molecule has 3 heteroatoms. The number of Topliss-reactive ketones (excluding diaryl/α,β-unsaturated/α-hetero) is 1. The van der Waals surface area contributed by atoms with Gasteiger partial charge in [-0.3, -0.25) is 4.79 Å². The topological polar surface area (TPSA) is 43.4 Å². The number of esters is 1. The first-order chi connectivity index (χ1) is 7.22. The first-order valence-electron chi connectivity index (χ1n) is 5.94. The summed E-state index contributed by atoms with van der Waals surface area (Å²) >= 11 is 0. The summed E-state index contributed by atoms with van der Waals surface area (Å²) in [4.78, 5) is 20.8. The van der Waals surface area contributed by atoms with E-state index in [1.165, 1.54) is 0 Å². The van der Waals surface area contributed by atoms with E-state index in [4.69, 9.17) is 4.74 Å². The lowest BCUT2D eigenvalue weighted by Crippen LogP contribution is -2.23. The summed E-state index contributed by atoms with van der Waals surface area (Å²) < 4.78 is 5.10. The molecule has 0 aliphatic rings. The molecule has 0 unspecified atom stereocenters. The predicted octanol–water partition coefficient (Wildman–Crippen LogP) is 3.50. The summed E-state index contributed by atoms with van der Waals surface area (Å²) in [5.41, 5.74) is -0.329. The molecule has 0 saturated heterocycles. The van der Waals surface area contributed by atoms with Gasteiger partial charge in [-0.2, -0.15) is 0 Å². The van der Waals surface area contributed by atoms with Gasteiger partial charge in [-0.15, -0.1) is 0 Å². The molecule has 0 aromatic carbocycles. The van der Waals surface area contributed by atoms with Gasteiger partial charge in [0, 0.05) is 12.8 Å². The summed E-state index contributed by atoms with van der Waals surface area (Å²) in [5, 5.41) is 0. The third kappa shape index (κ3) is 18.8. The molecule has 0 aromatic rings. The summed E-state index contributed by atoms with van der Waals surface area (Å²) in [7, 11) is 0. The minimum absolute atomic E-state index is 0.0839. The van der Waals surface area contributed by atoms with E-state index in [2.05, 4.69) is 6.92 Å². The molecule has 0 radical (unpaired) electrons. The average Bonchev–Trinajstić information content (AvgIpc) is 2.13. The van der Waals surface area contributed by atoms with Crippen LogP contribution in [0.4, 0.5) is 0 Å². The van der Waals surface area contributed by atoms with Crippen molar-refractivity contribution >= 4 is 11.8 Å². The molecular formula is C13H26O3. The lowest BCUT2D eigenvalue weighted by atomic mass is 10.2. The lowest BCUT2D eigenvalue weighted by Gasteiger charge is -2.19. The molecule has 0 aliphatic carbocycles. The minimum Gasteiger partial charge on any atom is -0.460 e. The summed E-state index contributed by atoms with van der Waals surface area (Å²) in [6, 6.07) is 0. The van der Waals surface area contributed by atoms with E-state index in [-0.39, 0.29) is 17.4 Å². The summed E-state index contributed by atoms with van der Waals surface area (Å²) in [6.45, 7) is 11.2. The van der Waals surface area contributed by atoms with E-state index in [1.807, 2.05) is 27.7 Å². The Morgan fingerprint density at radius 2 is 1.56 bits per heavy atom. The molecule has 0 N–H and O–H groups in total. The van der Waals surface area contributed by atoms with Gasteiger partial charge >= 0.3 is 5.97 Å². The Morgan fingerprint density at radius 1 is 1.12 bits per heavy atom. The second-order valence-corrected chi connectivity index (χ2v) is 4.75. The van der Waals surface area contributed by atoms with Crippen molar-refractivity contribution in [1.82, 2.24) is 0 Å². The van der Waals surface area contributed by atoms with E-state index >= 15 is 0 Å². The molecule has 0 heterocycles. The highest BCUT2D eigenvalue weighted by atomic mass is 16.6. The van der Waals surface area contributed by atoms with Crippen LogP contribution in [0.25, 0.3) is 0 Å². The molecule has 0 aliphatic heterocycles. The molecule has 0 amide bonds. The fourth-order valence-corrected chi connectivity index (χ4v) is 0.714. The van der Waals surface area contributed by atoms with Gasteiger partial charge in [0.25, 0.3) is 0 Å². The zero-order valence-corrected chi connectivity index (χ0v) is 11.6. The van der Waals surface area contributed by atoms with E-state index in [1.54, 1.807) is 6.92 Å². The highest BCUT2D eigenvalue weighted by Crippen LogP contribution is 2.09. The van der Waals surface area contributed by atoms with Gasteiger partial charge in [0.2, 0.25) is 0 Å². The first kappa shape index (κ1) is 17.5. The zero-order valence-electron chi connectivity index (χ0n) is 11.6. The monoisotopic (exact) mass is 230 g/mol. The Bertz CT molecular complexity index is 202. The minimum atomic E-state index is -0.329. The first-order valence-corrected chi connectivity index (χ1v) is 5.94. The lowest BCUT2D eigenvalue weighted by molar-refractivity contribution is -0.154. The van der Waals surface area contributed by atoms with Crippen molar-refractivity contribution in [3.8, 4) is 0 Å². The van der Waals surface area contributed by atoms with Crippen molar-refractivity contribution in [2.45, 2.75) is 72.8 Å². The SMILES string of the molecule is CCC(C)=O.CCCCC(=O)OC(C)(C)C. The van der Waals surface area contributed by atoms with Gasteiger partial charge in [0.1, 0.15) is 11.4 Å². The largest absolute Gasteiger partial charge is 0.460 e. The van der Waals surface area contributed by atoms with Crippen LogP contribution < -0.4 is 0 Å². The standard InChI is InChI=1S/C9H18O2.C4H8O/c1-5-6-7-8(10)11-9(2,3)4;1-3-4(2)5/h5-7H2,1-4H3;3H2,1-2H3. The van der Waals surface area contributed by atoms with Gasteiger partial charge in [0.05, 0.1) is 0 Å². The van der Waals surface area contributed by atoms with Crippen LogP contribution >= 0.6 is 0 Å². The number of carbonyl (C=O) groups excluding carboxylic acids is 2. The number of hydrogen-bond donors (Lipinski definition) is 0. The van der Waals surface area contributed by atoms with Crippen molar-refractivity contribution in [2.75, 3.05) is 0 Å². The van der Waals surface area contributed by atoms with Crippen LogP contribution in [0.3, 0.4) is 0 Å². The van der Waals surface area contributed by atoms with E-state index in [0.29, 0.717) is 12.8 Å². The molecule has 16 heavy (non-hydrogen) atoms. The fourth-order valence-electron chi connectivity index (χ4n) is 0.714. The Hall–Kier alpha value is -0.860. The number of rotatable bonds is 4. The predicted molar refractivity (Wildman–Crippen MR) is 66.3 cm³/mol. The van der Waals surface area contributed by atoms with Gasteiger partial charge in [-0.05, 0) is 34.1 Å². The second-order valence-electron chi connectivity index (χ2n) is 4.75. The van der Waals surface area contributed by atoms with E-state index in [9.17, 15) is 9.59 Å². The van der Waals surface area contributed by atoms with Crippen molar-refractivity contribution in [1.29, 1.82) is 0 Å². The van der Waals surface area contributed by atoms with Crippen LogP contribution in [0.15, 0.2) is 0 Å². The van der Waals surface area contributed by atoms with E-state index in [0.717, 1.165) is 12.8 Å². The fraction of sp³-hybridized carbons (Fsp3) is 0.846. The average molecular weight is 230 g/mol. The third-order valence-corrected chi connectivity index (χ3v) is 1.65. The maximum absolute atomic E-state index is 11.0. The number of carbonyl (C=O) groups is 2. The van der Waals surface area contributed by atoms with Crippen LogP contribution in [-0.4, -0.2) is 17.4 Å². The molecule has 0 bridgehead atoms. The van der Waals surface area contributed by atoms with Crippen LogP contribution in [0.1, 0.15) is 67.2 Å². The van der Waals surface area contributed by atoms with Crippen molar-refractivity contribution in [2.24, 2.45) is 0 Å². The quantitative estimate of drug-likeness (QED) is 0.694. The van der Waals surface area contributed by atoms with Crippen LogP contribution in [0.2, 0.25) is 0 Å². The molecule has 0 saturated carbocycles. The molecule has 0 atom stereocenters. The summed E-state index contributed by atoms with van der Waals surface area (Å²) in [6.07, 6.45) is 3.18. The second kappa shape index (κ2) is 9.37. The van der Waals surface area contributed by atoms with E-state index < -0.39 is 0 Å². The van der Waals surface area contributed by atoms with Gasteiger partial charge in [-0.25, -0.2) is 0 Å². The van der Waals surface area contributed by atoms with Gasteiger partial charge in [-0.1, -0.05) is 20.3 Å². The molecule has 96 valence electrons. The molecule has 3 nitrogen and oxygen atoms in total. The number of hydrogen-bond acceptors (Lipinski definition) is 3.